The van der Waals surface area contributed by atoms with E-state index in [0.29, 0.717) is 5.41 Å². The first-order valence-electron chi connectivity index (χ1n) is 6.75. The van der Waals surface area contributed by atoms with Gasteiger partial charge in [-0.1, -0.05) is 0 Å². The SMILES string of the molecule is CC(=O)c1ccc(N2CC3(CCCNC3)C2)cc1. The second kappa shape index (κ2) is 4.39. The average Bonchev–Trinajstić information content (AvgIpc) is 2.37. The molecule has 3 heteroatoms. The lowest BCUT2D eigenvalue weighted by molar-refractivity contribution is 0.101. The van der Waals surface area contributed by atoms with E-state index in [-0.39, 0.29) is 5.78 Å². The first-order valence-corrected chi connectivity index (χ1v) is 6.75. The number of nitrogens with one attached hydrogen (secondary N) is 1. The van der Waals surface area contributed by atoms with Gasteiger partial charge in [0.1, 0.15) is 0 Å². The third-order valence-electron chi connectivity index (χ3n) is 4.25. The molecule has 0 aliphatic carbocycles. The van der Waals surface area contributed by atoms with Crippen LogP contribution in [0.1, 0.15) is 30.1 Å². The Morgan fingerprint density at radius 2 is 2.00 bits per heavy atom. The Balaban J connectivity index is 1.65. The van der Waals surface area contributed by atoms with Crippen LogP contribution in [0.3, 0.4) is 0 Å². The number of hydrogen-bond acceptors (Lipinski definition) is 3. The van der Waals surface area contributed by atoms with Crippen LogP contribution >= 0.6 is 0 Å². The minimum atomic E-state index is 0.137. The van der Waals surface area contributed by atoms with E-state index in [2.05, 4.69) is 22.3 Å². The highest BCUT2D eigenvalue weighted by Gasteiger charge is 2.43. The zero-order chi connectivity index (χ0) is 12.6. The van der Waals surface area contributed by atoms with E-state index in [1.807, 2.05) is 12.1 Å². The fourth-order valence-corrected chi connectivity index (χ4v) is 3.15. The summed E-state index contributed by atoms with van der Waals surface area (Å²) >= 11 is 0. The Morgan fingerprint density at radius 1 is 1.28 bits per heavy atom. The van der Waals surface area contributed by atoms with Crippen molar-refractivity contribution < 1.29 is 4.79 Å². The van der Waals surface area contributed by atoms with Gasteiger partial charge in [-0.15, -0.1) is 0 Å². The molecule has 2 aliphatic heterocycles. The molecule has 2 aliphatic rings. The van der Waals surface area contributed by atoms with Gasteiger partial charge in [0.05, 0.1) is 0 Å². The summed E-state index contributed by atoms with van der Waals surface area (Å²) in [7, 11) is 0. The third-order valence-corrected chi connectivity index (χ3v) is 4.25. The van der Waals surface area contributed by atoms with Gasteiger partial charge < -0.3 is 10.2 Å². The molecule has 1 aromatic rings. The molecule has 2 saturated heterocycles. The molecule has 18 heavy (non-hydrogen) atoms. The van der Waals surface area contributed by atoms with Crippen molar-refractivity contribution in [2.24, 2.45) is 5.41 Å². The Morgan fingerprint density at radius 3 is 2.56 bits per heavy atom. The number of hydrogen-bond donors (Lipinski definition) is 1. The number of Topliss-reactive ketones (excluding diaryl/α,β-unsaturated/α-hetero) is 1. The summed E-state index contributed by atoms with van der Waals surface area (Å²) in [6.45, 7) is 6.25. The zero-order valence-corrected chi connectivity index (χ0v) is 10.9. The molecule has 2 heterocycles. The minimum Gasteiger partial charge on any atom is -0.370 e. The van der Waals surface area contributed by atoms with Gasteiger partial charge in [-0.2, -0.15) is 0 Å². The molecule has 3 rings (SSSR count). The topological polar surface area (TPSA) is 32.3 Å². The van der Waals surface area contributed by atoms with Crippen molar-refractivity contribution >= 4 is 11.5 Å². The number of piperidine rings is 1. The molecule has 0 aromatic heterocycles. The highest BCUT2D eigenvalue weighted by atomic mass is 16.1. The summed E-state index contributed by atoms with van der Waals surface area (Å²) in [4.78, 5) is 13.6. The van der Waals surface area contributed by atoms with Crippen LogP contribution in [0, 0.1) is 5.41 Å². The lowest BCUT2D eigenvalue weighted by Gasteiger charge is -2.53. The van der Waals surface area contributed by atoms with E-state index in [1.165, 1.54) is 25.1 Å². The second-order valence-electron chi connectivity index (χ2n) is 5.74. The molecular formula is C15H20N2O. The van der Waals surface area contributed by atoms with Crippen molar-refractivity contribution in [1.29, 1.82) is 0 Å². The molecule has 0 saturated carbocycles. The molecule has 0 amide bonds. The quantitative estimate of drug-likeness (QED) is 0.808. The Labute approximate surface area is 108 Å². The smallest absolute Gasteiger partial charge is 0.159 e. The fraction of sp³-hybridized carbons (Fsp3) is 0.533. The summed E-state index contributed by atoms with van der Waals surface area (Å²) in [5, 5.41) is 3.50. The summed E-state index contributed by atoms with van der Waals surface area (Å²) in [5.41, 5.74) is 2.56. The fourth-order valence-electron chi connectivity index (χ4n) is 3.15. The van der Waals surface area contributed by atoms with Crippen LogP contribution in [0.2, 0.25) is 0 Å². The van der Waals surface area contributed by atoms with Crippen LogP contribution in [-0.2, 0) is 0 Å². The molecule has 0 bridgehead atoms. The van der Waals surface area contributed by atoms with Gasteiger partial charge >= 0.3 is 0 Å². The van der Waals surface area contributed by atoms with Gasteiger partial charge in [-0.25, -0.2) is 0 Å². The number of carbonyl (C=O) groups excluding carboxylic acids is 1. The highest BCUT2D eigenvalue weighted by molar-refractivity contribution is 5.94. The van der Waals surface area contributed by atoms with Crippen molar-refractivity contribution in [2.75, 3.05) is 31.1 Å². The van der Waals surface area contributed by atoms with E-state index in [0.717, 1.165) is 25.2 Å². The Kier molecular flexibility index (Phi) is 2.86. The van der Waals surface area contributed by atoms with E-state index in [1.54, 1.807) is 6.92 Å². The largest absolute Gasteiger partial charge is 0.370 e. The summed E-state index contributed by atoms with van der Waals surface area (Å²) in [6.07, 6.45) is 2.65. The summed E-state index contributed by atoms with van der Waals surface area (Å²) in [5.74, 6) is 0.137. The van der Waals surface area contributed by atoms with E-state index in [4.69, 9.17) is 0 Å². The first-order chi connectivity index (χ1) is 8.69. The number of anilines is 1. The summed E-state index contributed by atoms with van der Waals surface area (Å²) < 4.78 is 0. The van der Waals surface area contributed by atoms with Crippen molar-refractivity contribution in [3.05, 3.63) is 29.8 Å². The molecule has 3 nitrogen and oxygen atoms in total. The number of carbonyl (C=O) groups is 1. The van der Waals surface area contributed by atoms with Crippen molar-refractivity contribution in [2.45, 2.75) is 19.8 Å². The van der Waals surface area contributed by atoms with Gasteiger partial charge in [0, 0.05) is 36.3 Å². The molecule has 1 spiro atoms. The molecule has 0 unspecified atom stereocenters. The van der Waals surface area contributed by atoms with Crippen molar-refractivity contribution in [1.82, 2.24) is 5.32 Å². The standard InChI is InChI=1S/C15H20N2O/c1-12(18)13-3-5-14(6-4-13)17-10-15(11-17)7-2-8-16-9-15/h3-6,16H,2,7-11H2,1H3. The van der Waals surface area contributed by atoms with Gasteiger partial charge in [-0.3, -0.25) is 4.79 Å². The maximum atomic E-state index is 11.2. The van der Waals surface area contributed by atoms with Crippen LogP contribution in [0.5, 0.6) is 0 Å². The Bertz CT molecular complexity index is 438. The number of nitrogens with zero attached hydrogens (tertiary/aromatic N) is 1. The van der Waals surface area contributed by atoms with Crippen LogP contribution in [0.25, 0.3) is 0 Å². The van der Waals surface area contributed by atoms with E-state index < -0.39 is 0 Å². The molecule has 1 aromatic carbocycles. The number of benzene rings is 1. The molecule has 0 atom stereocenters. The maximum Gasteiger partial charge on any atom is 0.159 e. The molecule has 2 fully saturated rings. The van der Waals surface area contributed by atoms with E-state index in [9.17, 15) is 4.79 Å². The molecule has 0 radical (unpaired) electrons. The molecule has 96 valence electrons. The predicted molar refractivity (Wildman–Crippen MR) is 73.2 cm³/mol. The molecule has 1 N–H and O–H groups in total. The molecular weight excluding hydrogens is 224 g/mol. The average molecular weight is 244 g/mol. The Hall–Kier alpha value is -1.35. The van der Waals surface area contributed by atoms with Gasteiger partial charge in [0.2, 0.25) is 0 Å². The van der Waals surface area contributed by atoms with Gasteiger partial charge in [0.25, 0.3) is 0 Å². The van der Waals surface area contributed by atoms with E-state index >= 15 is 0 Å². The van der Waals surface area contributed by atoms with Crippen molar-refractivity contribution in [3.63, 3.8) is 0 Å². The minimum absolute atomic E-state index is 0.137. The number of rotatable bonds is 2. The summed E-state index contributed by atoms with van der Waals surface area (Å²) in [6, 6.07) is 8.00. The third kappa shape index (κ3) is 2.03. The monoisotopic (exact) mass is 244 g/mol. The lowest BCUT2D eigenvalue weighted by atomic mass is 9.74. The lowest BCUT2D eigenvalue weighted by Crippen LogP contribution is -2.62. The van der Waals surface area contributed by atoms with Crippen molar-refractivity contribution in [3.8, 4) is 0 Å². The predicted octanol–water partition coefficient (Wildman–Crippen LogP) is 2.08. The van der Waals surface area contributed by atoms with Gasteiger partial charge in [0.15, 0.2) is 5.78 Å². The number of ketones is 1. The van der Waals surface area contributed by atoms with Gasteiger partial charge in [-0.05, 0) is 50.6 Å². The first kappa shape index (κ1) is 11.7. The van der Waals surface area contributed by atoms with Crippen LogP contribution in [0.4, 0.5) is 5.69 Å². The zero-order valence-electron chi connectivity index (χ0n) is 10.9. The van der Waals surface area contributed by atoms with Crippen LogP contribution < -0.4 is 10.2 Å². The highest BCUT2D eigenvalue weighted by Crippen LogP contribution is 2.39. The maximum absolute atomic E-state index is 11.2. The van der Waals surface area contributed by atoms with Crippen LogP contribution in [0.15, 0.2) is 24.3 Å². The normalized spacial score (nSPS) is 21.7. The van der Waals surface area contributed by atoms with Crippen LogP contribution in [-0.4, -0.2) is 32.0 Å². The second-order valence-corrected chi connectivity index (χ2v) is 5.74.